The van der Waals surface area contributed by atoms with Gasteiger partial charge in [0.1, 0.15) is 0 Å². The minimum absolute atomic E-state index is 0.252. The Labute approximate surface area is 132 Å². The van der Waals surface area contributed by atoms with E-state index >= 15 is 0 Å². The first-order chi connectivity index (χ1) is 10.5. The number of hydrogen-bond donors (Lipinski definition) is 1. The number of aliphatic hydroxyl groups is 1. The Morgan fingerprint density at radius 2 is 1.95 bits per heavy atom. The van der Waals surface area contributed by atoms with Crippen molar-refractivity contribution in [3.63, 3.8) is 0 Å². The van der Waals surface area contributed by atoms with Gasteiger partial charge in [0, 0.05) is 58.4 Å². The maximum absolute atomic E-state index is 10.4. The fourth-order valence-electron chi connectivity index (χ4n) is 3.75. The van der Waals surface area contributed by atoms with Crippen molar-refractivity contribution in [2.75, 3.05) is 32.7 Å². The highest BCUT2D eigenvalue weighted by Crippen LogP contribution is 2.17. The first kappa shape index (κ1) is 15.9. The summed E-state index contributed by atoms with van der Waals surface area (Å²) in [5.74, 6) is 0. The van der Waals surface area contributed by atoms with E-state index in [1.165, 1.54) is 5.69 Å². The molecule has 0 radical (unpaired) electrons. The highest BCUT2D eigenvalue weighted by molar-refractivity contribution is 5.16. The van der Waals surface area contributed by atoms with Crippen LogP contribution in [0.15, 0.2) is 6.33 Å². The van der Waals surface area contributed by atoms with Gasteiger partial charge < -0.3 is 14.4 Å². The van der Waals surface area contributed by atoms with Gasteiger partial charge >= 0.3 is 0 Å². The first-order valence-electron chi connectivity index (χ1n) is 8.28. The Bertz CT molecular complexity index is 494. The van der Waals surface area contributed by atoms with Gasteiger partial charge in [-0.25, -0.2) is 4.98 Å². The van der Waals surface area contributed by atoms with Crippen molar-refractivity contribution in [3.05, 3.63) is 17.7 Å². The van der Waals surface area contributed by atoms with E-state index in [0.717, 1.165) is 51.4 Å². The van der Waals surface area contributed by atoms with E-state index in [0.29, 0.717) is 0 Å². The highest BCUT2D eigenvalue weighted by atomic mass is 16.5. The lowest BCUT2D eigenvalue weighted by Crippen LogP contribution is -2.50. The minimum Gasteiger partial charge on any atom is -0.390 e. The number of aliphatic hydroxyl groups excluding tert-OH is 1. The summed E-state index contributed by atoms with van der Waals surface area (Å²) >= 11 is 0. The molecule has 0 aromatic carbocycles. The van der Waals surface area contributed by atoms with Crippen molar-refractivity contribution in [1.29, 1.82) is 0 Å². The number of ether oxygens (including phenoxy) is 1. The van der Waals surface area contributed by atoms with Crippen molar-refractivity contribution in [1.82, 2.24) is 19.4 Å². The smallest absolute Gasteiger partial charge is 0.0949 e. The molecule has 0 amide bonds. The van der Waals surface area contributed by atoms with E-state index in [1.54, 1.807) is 0 Å². The molecule has 0 spiro atoms. The van der Waals surface area contributed by atoms with Gasteiger partial charge in [0.05, 0.1) is 30.3 Å². The summed E-state index contributed by atoms with van der Waals surface area (Å²) in [4.78, 5) is 9.09. The molecule has 6 heteroatoms. The fourth-order valence-corrected chi connectivity index (χ4v) is 3.75. The topological polar surface area (TPSA) is 53.8 Å². The molecular formula is C16H28N4O2. The molecule has 3 rings (SSSR count). The van der Waals surface area contributed by atoms with Crippen LogP contribution in [0.5, 0.6) is 0 Å². The largest absolute Gasteiger partial charge is 0.390 e. The number of morpholine rings is 1. The van der Waals surface area contributed by atoms with E-state index in [9.17, 15) is 5.11 Å². The van der Waals surface area contributed by atoms with Gasteiger partial charge in [-0.2, -0.15) is 0 Å². The van der Waals surface area contributed by atoms with Gasteiger partial charge in [0.25, 0.3) is 0 Å². The maximum Gasteiger partial charge on any atom is 0.0949 e. The number of rotatable bonds is 4. The average Bonchev–Trinajstić information content (AvgIpc) is 2.78. The molecule has 0 bridgehead atoms. The number of imidazole rings is 1. The average molecular weight is 308 g/mol. The molecule has 22 heavy (non-hydrogen) atoms. The van der Waals surface area contributed by atoms with Gasteiger partial charge in [-0.3, -0.25) is 9.80 Å². The standard InChI is InChI=1S/C16H28N4O2/c1-12-6-20(7-13(2)22-12)9-14(21)8-19-5-4-16-15(10-19)17-11-18(16)3/h11-14,21H,4-10H2,1-3H3/t12-,13-,14+/m1/s1. The van der Waals surface area contributed by atoms with Crippen molar-refractivity contribution < 1.29 is 9.84 Å². The predicted octanol–water partition coefficient (Wildman–Crippen LogP) is 0.248. The number of fused-ring (bicyclic) bond motifs is 1. The van der Waals surface area contributed by atoms with Crippen molar-refractivity contribution in [3.8, 4) is 0 Å². The third-order valence-corrected chi connectivity index (χ3v) is 4.62. The van der Waals surface area contributed by atoms with Crippen LogP contribution in [0.4, 0.5) is 0 Å². The summed E-state index contributed by atoms with van der Waals surface area (Å²) in [5.41, 5.74) is 2.50. The second kappa shape index (κ2) is 6.66. The van der Waals surface area contributed by atoms with Crippen molar-refractivity contribution >= 4 is 0 Å². The van der Waals surface area contributed by atoms with Gasteiger partial charge in [-0.05, 0) is 13.8 Å². The van der Waals surface area contributed by atoms with Crippen LogP contribution in [0.25, 0.3) is 0 Å². The normalized spacial score (nSPS) is 28.5. The third-order valence-electron chi connectivity index (χ3n) is 4.62. The number of aromatic nitrogens is 2. The molecule has 124 valence electrons. The summed E-state index contributed by atoms with van der Waals surface area (Å²) in [6.45, 7) is 9.31. The summed E-state index contributed by atoms with van der Waals surface area (Å²) in [5, 5.41) is 10.4. The van der Waals surface area contributed by atoms with Gasteiger partial charge in [-0.15, -0.1) is 0 Å². The van der Waals surface area contributed by atoms with E-state index < -0.39 is 0 Å². The van der Waals surface area contributed by atoms with E-state index in [2.05, 4.69) is 40.2 Å². The summed E-state index contributed by atoms with van der Waals surface area (Å²) in [6.07, 6.45) is 3.09. The zero-order valence-electron chi connectivity index (χ0n) is 13.9. The second-order valence-electron chi connectivity index (χ2n) is 6.86. The summed E-state index contributed by atoms with van der Waals surface area (Å²) in [7, 11) is 2.05. The number of aryl methyl sites for hydroxylation is 1. The molecular weight excluding hydrogens is 280 g/mol. The molecule has 2 aliphatic rings. The van der Waals surface area contributed by atoms with Crippen LogP contribution in [-0.2, 0) is 24.8 Å². The minimum atomic E-state index is -0.317. The van der Waals surface area contributed by atoms with Crippen LogP contribution < -0.4 is 0 Å². The highest BCUT2D eigenvalue weighted by Gasteiger charge is 2.26. The second-order valence-corrected chi connectivity index (χ2v) is 6.86. The Kier molecular flexibility index (Phi) is 4.82. The Hall–Kier alpha value is -0.950. The van der Waals surface area contributed by atoms with E-state index in [4.69, 9.17) is 4.74 Å². The molecule has 0 unspecified atom stereocenters. The Balaban J connectivity index is 1.49. The monoisotopic (exact) mass is 308 g/mol. The van der Waals surface area contributed by atoms with Crippen LogP contribution in [0.3, 0.4) is 0 Å². The molecule has 1 fully saturated rings. The van der Waals surface area contributed by atoms with Crippen LogP contribution >= 0.6 is 0 Å². The molecule has 1 aromatic heterocycles. The molecule has 1 saturated heterocycles. The molecule has 0 saturated carbocycles. The van der Waals surface area contributed by atoms with E-state index in [1.807, 2.05) is 6.33 Å². The van der Waals surface area contributed by atoms with Crippen molar-refractivity contribution in [2.24, 2.45) is 7.05 Å². The van der Waals surface area contributed by atoms with Crippen LogP contribution in [0, 0.1) is 0 Å². The molecule has 6 nitrogen and oxygen atoms in total. The summed E-state index contributed by atoms with van der Waals surface area (Å²) < 4.78 is 7.86. The predicted molar refractivity (Wildman–Crippen MR) is 84.6 cm³/mol. The van der Waals surface area contributed by atoms with E-state index in [-0.39, 0.29) is 18.3 Å². The van der Waals surface area contributed by atoms with Gasteiger partial charge in [0.15, 0.2) is 0 Å². The van der Waals surface area contributed by atoms with Crippen LogP contribution in [-0.4, -0.2) is 75.5 Å². The zero-order chi connectivity index (χ0) is 15.7. The molecule has 2 aliphatic heterocycles. The molecule has 1 aromatic rings. The molecule has 0 aliphatic carbocycles. The van der Waals surface area contributed by atoms with Gasteiger partial charge in [-0.1, -0.05) is 0 Å². The van der Waals surface area contributed by atoms with Crippen molar-refractivity contribution in [2.45, 2.75) is 45.1 Å². The molecule has 3 heterocycles. The Morgan fingerprint density at radius 1 is 1.27 bits per heavy atom. The number of hydrogen-bond acceptors (Lipinski definition) is 5. The van der Waals surface area contributed by atoms with Gasteiger partial charge in [0.2, 0.25) is 0 Å². The quantitative estimate of drug-likeness (QED) is 0.864. The summed E-state index contributed by atoms with van der Waals surface area (Å²) in [6, 6.07) is 0. The number of β-amino-alcohol motifs (C(OH)–C–C–N with tert-alkyl or cyclic N) is 1. The lowest BCUT2D eigenvalue weighted by Gasteiger charge is -2.37. The molecule has 3 atom stereocenters. The lowest BCUT2D eigenvalue weighted by atomic mass is 10.1. The number of nitrogens with zero attached hydrogens (tertiary/aromatic N) is 4. The zero-order valence-corrected chi connectivity index (χ0v) is 13.9. The first-order valence-corrected chi connectivity index (χ1v) is 8.28. The Morgan fingerprint density at radius 3 is 2.68 bits per heavy atom. The SMILES string of the molecule is C[C@@H]1CN(C[C@@H](O)CN2CCc3c(ncn3C)C2)C[C@@H](C)O1. The lowest BCUT2D eigenvalue weighted by molar-refractivity contribution is -0.0782. The fraction of sp³-hybridized carbons (Fsp3) is 0.812. The van der Waals surface area contributed by atoms with Crippen LogP contribution in [0.2, 0.25) is 0 Å². The molecule has 1 N–H and O–H groups in total. The van der Waals surface area contributed by atoms with Crippen LogP contribution in [0.1, 0.15) is 25.2 Å². The third kappa shape index (κ3) is 3.68. The maximum atomic E-state index is 10.4.